The zero-order chi connectivity index (χ0) is 21.4. The summed E-state index contributed by atoms with van der Waals surface area (Å²) in [5.74, 6) is 0.175. The molecular formula is C24H21N5OS. The Morgan fingerprint density at radius 3 is 2.55 bits per heavy atom. The van der Waals surface area contributed by atoms with Crippen molar-refractivity contribution in [3.63, 3.8) is 0 Å². The minimum Gasteiger partial charge on any atom is -0.506 e. The first-order valence-corrected chi connectivity index (χ1v) is 10.4. The van der Waals surface area contributed by atoms with Gasteiger partial charge in [0.1, 0.15) is 11.8 Å². The van der Waals surface area contributed by atoms with E-state index in [0.29, 0.717) is 10.8 Å². The Balaban J connectivity index is 1.72. The molecule has 5 rings (SSSR count). The molecule has 0 aliphatic carbocycles. The number of para-hydroxylation sites is 2. The lowest BCUT2D eigenvalue weighted by molar-refractivity contribution is 0.472. The Kier molecular flexibility index (Phi) is 4.88. The lowest BCUT2D eigenvalue weighted by atomic mass is 10.0. The van der Waals surface area contributed by atoms with Crippen LogP contribution in [-0.2, 0) is 0 Å². The minimum atomic E-state index is -0.232. The van der Waals surface area contributed by atoms with Crippen LogP contribution in [0.25, 0.3) is 5.69 Å². The molecule has 1 aliphatic heterocycles. The Labute approximate surface area is 185 Å². The molecule has 7 heteroatoms. The summed E-state index contributed by atoms with van der Waals surface area (Å²) < 4.78 is 2.18. The number of phenols is 1. The lowest BCUT2D eigenvalue weighted by Gasteiger charge is -2.29. The van der Waals surface area contributed by atoms with Gasteiger partial charge in [-0.15, -0.1) is 0 Å². The summed E-state index contributed by atoms with van der Waals surface area (Å²) in [5, 5.41) is 14.6. The van der Waals surface area contributed by atoms with Crippen LogP contribution in [0, 0.1) is 6.92 Å². The second kappa shape index (κ2) is 7.85. The normalized spacial score (nSPS) is 18.2. The van der Waals surface area contributed by atoms with Crippen LogP contribution in [0.15, 0.2) is 85.3 Å². The van der Waals surface area contributed by atoms with Gasteiger partial charge in [0.15, 0.2) is 5.11 Å². The maximum Gasteiger partial charge on any atom is 0.174 e. The van der Waals surface area contributed by atoms with Crippen molar-refractivity contribution >= 4 is 23.0 Å². The van der Waals surface area contributed by atoms with Gasteiger partial charge >= 0.3 is 0 Å². The molecule has 1 aliphatic rings. The predicted molar refractivity (Wildman–Crippen MR) is 124 cm³/mol. The molecule has 154 valence electrons. The molecular weight excluding hydrogens is 406 g/mol. The van der Waals surface area contributed by atoms with E-state index in [2.05, 4.69) is 38.9 Å². The van der Waals surface area contributed by atoms with Crippen molar-refractivity contribution in [2.75, 3.05) is 4.90 Å². The lowest BCUT2D eigenvalue weighted by Crippen LogP contribution is -2.30. The average Bonchev–Trinajstić information content (AvgIpc) is 3.35. The highest BCUT2D eigenvalue weighted by molar-refractivity contribution is 7.80. The van der Waals surface area contributed by atoms with E-state index in [9.17, 15) is 5.11 Å². The summed E-state index contributed by atoms with van der Waals surface area (Å²) in [5.41, 5.74) is 4.61. The van der Waals surface area contributed by atoms with Crippen LogP contribution in [0.4, 0.5) is 5.69 Å². The third-order valence-electron chi connectivity index (χ3n) is 5.55. The molecule has 31 heavy (non-hydrogen) atoms. The van der Waals surface area contributed by atoms with Crippen LogP contribution in [-0.4, -0.2) is 24.8 Å². The molecule has 4 aromatic rings. The van der Waals surface area contributed by atoms with Gasteiger partial charge in [0.05, 0.1) is 29.3 Å². The smallest absolute Gasteiger partial charge is 0.174 e. The number of nitrogens with zero attached hydrogens (tertiary/aromatic N) is 4. The highest BCUT2D eigenvalue weighted by Crippen LogP contribution is 2.44. The first-order valence-electron chi connectivity index (χ1n) is 10.0. The van der Waals surface area contributed by atoms with Gasteiger partial charge in [-0.25, -0.2) is 0 Å². The average molecular weight is 428 g/mol. The van der Waals surface area contributed by atoms with E-state index < -0.39 is 0 Å². The van der Waals surface area contributed by atoms with Crippen molar-refractivity contribution in [3.05, 3.63) is 102 Å². The number of rotatable bonds is 4. The number of thiocarbonyl (C=S) groups is 1. The van der Waals surface area contributed by atoms with Gasteiger partial charge in [-0.3, -0.25) is 9.97 Å². The number of aromatic nitrogens is 3. The van der Waals surface area contributed by atoms with E-state index in [4.69, 9.17) is 12.2 Å². The van der Waals surface area contributed by atoms with E-state index in [1.165, 1.54) is 0 Å². The Morgan fingerprint density at radius 2 is 1.81 bits per heavy atom. The van der Waals surface area contributed by atoms with Gasteiger partial charge in [-0.05, 0) is 67.7 Å². The fourth-order valence-corrected chi connectivity index (χ4v) is 4.55. The molecule has 0 saturated carbocycles. The van der Waals surface area contributed by atoms with Crippen LogP contribution >= 0.6 is 12.2 Å². The molecule has 1 saturated heterocycles. The van der Waals surface area contributed by atoms with Gasteiger partial charge in [-0.1, -0.05) is 18.2 Å². The summed E-state index contributed by atoms with van der Waals surface area (Å²) >= 11 is 5.76. The summed E-state index contributed by atoms with van der Waals surface area (Å²) in [6.07, 6.45) is 5.39. The highest BCUT2D eigenvalue weighted by Gasteiger charge is 2.43. The molecule has 2 atom stereocenters. The molecule has 6 nitrogen and oxygen atoms in total. The van der Waals surface area contributed by atoms with Gasteiger partial charge in [0, 0.05) is 23.8 Å². The maximum absolute atomic E-state index is 10.6. The Bertz CT molecular complexity index is 1230. The van der Waals surface area contributed by atoms with Crippen LogP contribution in [0.2, 0.25) is 0 Å². The number of phenolic OH excluding ortho intramolecular Hbond substituents is 1. The zero-order valence-electron chi connectivity index (χ0n) is 16.9. The van der Waals surface area contributed by atoms with Crippen molar-refractivity contribution in [1.29, 1.82) is 0 Å². The number of hydrogen-bond acceptors (Lipinski definition) is 4. The summed E-state index contributed by atoms with van der Waals surface area (Å²) in [6.45, 7) is 2.07. The largest absolute Gasteiger partial charge is 0.506 e. The van der Waals surface area contributed by atoms with E-state index in [0.717, 1.165) is 22.8 Å². The number of anilines is 1. The first kappa shape index (κ1) is 19.3. The Hall–Kier alpha value is -3.71. The van der Waals surface area contributed by atoms with E-state index in [1.807, 2.05) is 53.6 Å². The van der Waals surface area contributed by atoms with Crippen LogP contribution in [0.5, 0.6) is 5.75 Å². The molecule has 0 bridgehead atoms. The third-order valence-corrected chi connectivity index (χ3v) is 5.87. The summed E-state index contributed by atoms with van der Waals surface area (Å²) in [6, 6.07) is 20.8. The van der Waals surface area contributed by atoms with Gasteiger partial charge in [-0.2, -0.15) is 0 Å². The number of aromatic hydroxyl groups is 1. The molecule has 3 aromatic heterocycles. The minimum absolute atomic E-state index is 0.175. The second-order valence-electron chi connectivity index (χ2n) is 7.43. The number of benzene rings is 1. The maximum atomic E-state index is 10.6. The van der Waals surface area contributed by atoms with Crippen molar-refractivity contribution in [2.24, 2.45) is 0 Å². The molecule has 2 N–H and O–H groups in total. The number of hydrogen-bond donors (Lipinski definition) is 2. The topological polar surface area (TPSA) is 66.2 Å². The zero-order valence-corrected chi connectivity index (χ0v) is 17.7. The molecule has 1 fully saturated rings. The molecule has 4 heterocycles. The fourth-order valence-electron chi connectivity index (χ4n) is 4.21. The molecule has 0 amide bonds. The second-order valence-corrected chi connectivity index (χ2v) is 7.82. The van der Waals surface area contributed by atoms with Gasteiger partial charge in [0.25, 0.3) is 0 Å². The molecule has 0 unspecified atom stereocenters. The van der Waals surface area contributed by atoms with Crippen molar-refractivity contribution in [1.82, 2.24) is 19.9 Å². The molecule has 0 radical (unpaired) electrons. The fraction of sp³-hybridized carbons (Fsp3) is 0.125. The van der Waals surface area contributed by atoms with Gasteiger partial charge < -0.3 is 19.9 Å². The van der Waals surface area contributed by atoms with E-state index in [1.54, 1.807) is 24.5 Å². The monoisotopic (exact) mass is 427 g/mol. The quantitative estimate of drug-likeness (QED) is 0.469. The number of nitrogens with one attached hydrogen (secondary N) is 1. The predicted octanol–water partition coefficient (Wildman–Crippen LogP) is 4.46. The van der Waals surface area contributed by atoms with Crippen LogP contribution in [0.1, 0.15) is 29.2 Å². The Morgan fingerprint density at radius 1 is 0.968 bits per heavy atom. The van der Waals surface area contributed by atoms with Crippen LogP contribution in [0.3, 0.4) is 0 Å². The van der Waals surface area contributed by atoms with E-state index in [-0.39, 0.29) is 17.8 Å². The van der Waals surface area contributed by atoms with Crippen molar-refractivity contribution in [3.8, 4) is 11.4 Å². The third kappa shape index (κ3) is 3.33. The first-order chi connectivity index (χ1) is 15.1. The molecule has 1 aromatic carbocycles. The number of pyridine rings is 2. The standard InChI is InChI=1S/C24H21N5OS/c1-16-11-12-20(28(16)17-7-6-13-25-15-17)23-22(18-8-4-5-14-26-18)27-24(31)29(23)19-9-2-3-10-21(19)30/h2-15,22-23,30H,1H3,(H,27,31)/t22-,23+/m0/s1. The van der Waals surface area contributed by atoms with E-state index >= 15 is 0 Å². The van der Waals surface area contributed by atoms with Crippen molar-refractivity contribution in [2.45, 2.75) is 19.0 Å². The number of aryl methyl sites for hydroxylation is 1. The molecule has 0 spiro atoms. The summed E-state index contributed by atoms with van der Waals surface area (Å²) in [7, 11) is 0. The highest BCUT2D eigenvalue weighted by atomic mass is 32.1. The van der Waals surface area contributed by atoms with Crippen LogP contribution < -0.4 is 10.2 Å². The summed E-state index contributed by atoms with van der Waals surface area (Å²) in [4.78, 5) is 10.9. The van der Waals surface area contributed by atoms with Gasteiger partial charge in [0.2, 0.25) is 0 Å². The van der Waals surface area contributed by atoms with Crippen molar-refractivity contribution < 1.29 is 5.11 Å². The SMILES string of the molecule is Cc1ccc([C@@H]2[C@H](c3ccccn3)NC(=S)N2c2ccccc2O)n1-c1cccnc1.